The molecule has 0 aliphatic carbocycles. The fourth-order valence-electron chi connectivity index (χ4n) is 3.27. The zero-order valence-corrected chi connectivity index (χ0v) is 15.3. The van der Waals surface area contributed by atoms with E-state index in [9.17, 15) is 14.0 Å². The third kappa shape index (κ3) is 5.14. The van der Waals surface area contributed by atoms with E-state index < -0.39 is 0 Å². The predicted octanol–water partition coefficient (Wildman–Crippen LogP) is 3.54. The molecule has 3 rings (SSSR count). The molecule has 2 aromatic carbocycles. The van der Waals surface area contributed by atoms with Crippen LogP contribution in [0, 0.1) is 5.82 Å². The predicted molar refractivity (Wildman–Crippen MR) is 102 cm³/mol. The molecule has 0 aromatic heterocycles. The molecule has 0 saturated carbocycles. The number of carbonyl (C=O) groups is 2. The normalized spacial score (nSPS) is 14.6. The number of nitrogens with zero attached hydrogens (tertiary/aromatic N) is 1. The molecule has 27 heavy (non-hydrogen) atoms. The molecule has 0 atom stereocenters. The summed E-state index contributed by atoms with van der Waals surface area (Å²) in [6.45, 7) is 2.69. The van der Waals surface area contributed by atoms with Crippen LogP contribution in [-0.2, 0) is 20.7 Å². The first kappa shape index (κ1) is 19.0. The summed E-state index contributed by atoms with van der Waals surface area (Å²) in [4.78, 5) is 26.1. The van der Waals surface area contributed by atoms with Gasteiger partial charge in [-0.15, -0.1) is 0 Å². The molecular formula is C21H23FN2O3. The fourth-order valence-corrected chi connectivity index (χ4v) is 3.27. The minimum Gasteiger partial charge on any atom is -0.381 e. The van der Waals surface area contributed by atoms with Crippen LogP contribution in [0.15, 0.2) is 48.5 Å². The Morgan fingerprint density at radius 3 is 2.30 bits per heavy atom. The lowest BCUT2D eigenvalue weighted by Gasteiger charge is -2.34. The molecule has 0 spiro atoms. The van der Waals surface area contributed by atoms with Crippen LogP contribution in [0.1, 0.15) is 25.3 Å². The summed E-state index contributed by atoms with van der Waals surface area (Å²) >= 11 is 0. The molecule has 1 fully saturated rings. The number of ether oxygens (including phenoxy) is 1. The van der Waals surface area contributed by atoms with E-state index >= 15 is 0 Å². The number of benzene rings is 2. The minimum atomic E-state index is -0.318. The van der Waals surface area contributed by atoms with Crippen molar-refractivity contribution in [1.29, 1.82) is 0 Å². The average molecular weight is 370 g/mol. The highest BCUT2D eigenvalue weighted by molar-refractivity contribution is 5.96. The van der Waals surface area contributed by atoms with Crippen LogP contribution in [0.3, 0.4) is 0 Å². The van der Waals surface area contributed by atoms with Crippen LogP contribution in [0.2, 0.25) is 0 Å². The molecule has 1 aliphatic rings. The smallest absolute Gasteiger partial charge is 0.231 e. The van der Waals surface area contributed by atoms with Gasteiger partial charge in [-0.2, -0.15) is 0 Å². The van der Waals surface area contributed by atoms with Crippen molar-refractivity contribution in [3.8, 4) is 0 Å². The zero-order valence-electron chi connectivity index (χ0n) is 15.3. The number of amides is 2. The molecule has 142 valence electrons. The number of hydrogen-bond acceptors (Lipinski definition) is 3. The maximum Gasteiger partial charge on any atom is 0.231 e. The lowest BCUT2D eigenvalue weighted by molar-refractivity contribution is -0.119. The van der Waals surface area contributed by atoms with Gasteiger partial charge < -0.3 is 15.0 Å². The van der Waals surface area contributed by atoms with E-state index in [0.29, 0.717) is 18.9 Å². The summed E-state index contributed by atoms with van der Waals surface area (Å²) in [5.74, 6) is -0.502. The largest absolute Gasteiger partial charge is 0.381 e. The Bertz CT molecular complexity index is 784. The highest BCUT2D eigenvalue weighted by Gasteiger charge is 2.27. The van der Waals surface area contributed by atoms with Crippen molar-refractivity contribution in [3.63, 3.8) is 0 Å². The molecule has 1 saturated heterocycles. The van der Waals surface area contributed by atoms with Crippen molar-refractivity contribution >= 4 is 23.2 Å². The van der Waals surface area contributed by atoms with Gasteiger partial charge in [-0.25, -0.2) is 4.39 Å². The van der Waals surface area contributed by atoms with Crippen molar-refractivity contribution in [3.05, 3.63) is 59.9 Å². The van der Waals surface area contributed by atoms with Gasteiger partial charge >= 0.3 is 0 Å². The second kappa shape index (κ2) is 8.77. The van der Waals surface area contributed by atoms with E-state index in [1.165, 1.54) is 19.1 Å². The van der Waals surface area contributed by atoms with Crippen LogP contribution in [0.5, 0.6) is 0 Å². The number of halogens is 1. The second-order valence-corrected chi connectivity index (χ2v) is 6.64. The molecule has 0 radical (unpaired) electrons. The number of nitrogens with one attached hydrogen (secondary N) is 1. The average Bonchev–Trinajstić information content (AvgIpc) is 2.66. The van der Waals surface area contributed by atoms with Crippen molar-refractivity contribution in [2.45, 2.75) is 32.2 Å². The minimum absolute atomic E-state index is 0.0409. The standard InChI is InChI=1S/C21H23FN2O3/c1-15(25)23-18-6-8-19(9-7-18)24(20-10-12-27-13-11-20)21(26)14-16-2-4-17(22)5-3-16/h2-9,20H,10-14H2,1H3,(H,23,25). The lowest BCUT2D eigenvalue weighted by Crippen LogP contribution is -2.44. The van der Waals surface area contributed by atoms with Crippen molar-refractivity contribution in [2.24, 2.45) is 0 Å². The van der Waals surface area contributed by atoms with Crippen molar-refractivity contribution in [2.75, 3.05) is 23.4 Å². The van der Waals surface area contributed by atoms with E-state index in [0.717, 1.165) is 24.1 Å². The van der Waals surface area contributed by atoms with Crippen LogP contribution < -0.4 is 10.2 Å². The van der Waals surface area contributed by atoms with Gasteiger partial charge in [0.1, 0.15) is 5.82 Å². The Kier molecular flexibility index (Phi) is 6.19. The summed E-state index contributed by atoms with van der Waals surface area (Å²) in [7, 11) is 0. The van der Waals surface area contributed by atoms with Crippen LogP contribution in [0.4, 0.5) is 15.8 Å². The van der Waals surface area contributed by atoms with Gasteiger partial charge in [-0.3, -0.25) is 9.59 Å². The molecule has 0 bridgehead atoms. The Hall–Kier alpha value is -2.73. The second-order valence-electron chi connectivity index (χ2n) is 6.64. The Morgan fingerprint density at radius 2 is 1.70 bits per heavy atom. The van der Waals surface area contributed by atoms with Gasteiger partial charge in [0, 0.05) is 37.6 Å². The fraction of sp³-hybridized carbons (Fsp3) is 0.333. The number of hydrogen-bond donors (Lipinski definition) is 1. The van der Waals surface area contributed by atoms with Gasteiger partial charge in [0.25, 0.3) is 0 Å². The molecule has 5 nitrogen and oxygen atoms in total. The van der Waals surface area contributed by atoms with Gasteiger partial charge in [0.05, 0.1) is 6.42 Å². The molecule has 1 heterocycles. The highest BCUT2D eigenvalue weighted by atomic mass is 19.1. The van der Waals surface area contributed by atoms with Crippen LogP contribution in [-0.4, -0.2) is 31.1 Å². The summed E-state index contributed by atoms with van der Waals surface area (Å²) in [5, 5.41) is 2.73. The first-order chi connectivity index (χ1) is 13.0. The number of rotatable bonds is 5. The summed E-state index contributed by atoms with van der Waals surface area (Å²) in [6.07, 6.45) is 1.73. The first-order valence-corrected chi connectivity index (χ1v) is 9.05. The Balaban J connectivity index is 1.82. The topological polar surface area (TPSA) is 58.6 Å². The van der Waals surface area contributed by atoms with Crippen molar-refractivity contribution < 1.29 is 18.7 Å². The molecule has 1 aliphatic heterocycles. The SMILES string of the molecule is CC(=O)Nc1ccc(N(C(=O)Cc2ccc(F)cc2)C2CCOCC2)cc1. The number of anilines is 2. The lowest BCUT2D eigenvalue weighted by atomic mass is 10.0. The molecule has 6 heteroatoms. The van der Waals surface area contributed by atoms with Gasteiger partial charge in [-0.1, -0.05) is 12.1 Å². The summed E-state index contributed by atoms with van der Waals surface area (Å²) < 4.78 is 18.6. The van der Waals surface area contributed by atoms with E-state index in [1.807, 2.05) is 17.0 Å². The van der Waals surface area contributed by atoms with Crippen LogP contribution in [0.25, 0.3) is 0 Å². The van der Waals surface area contributed by atoms with E-state index in [-0.39, 0.29) is 30.1 Å². The van der Waals surface area contributed by atoms with E-state index in [4.69, 9.17) is 4.74 Å². The molecule has 2 aromatic rings. The Labute approximate surface area is 158 Å². The quantitative estimate of drug-likeness (QED) is 0.876. The third-order valence-electron chi connectivity index (χ3n) is 4.56. The van der Waals surface area contributed by atoms with Gasteiger partial charge in [0.2, 0.25) is 11.8 Å². The molecule has 1 N–H and O–H groups in total. The highest BCUT2D eigenvalue weighted by Crippen LogP contribution is 2.26. The van der Waals surface area contributed by atoms with Crippen LogP contribution >= 0.6 is 0 Å². The maximum absolute atomic E-state index is 13.1. The molecule has 2 amide bonds. The summed E-state index contributed by atoms with van der Waals surface area (Å²) in [6, 6.07) is 13.3. The Morgan fingerprint density at radius 1 is 1.07 bits per heavy atom. The monoisotopic (exact) mass is 370 g/mol. The summed E-state index contributed by atoms with van der Waals surface area (Å²) in [5.41, 5.74) is 2.24. The van der Waals surface area contributed by atoms with Crippen molar-refractivity contribution in [1.82, 2.24) is 0 Å². The van der Waals surface area contributed by atoms with Gasteiger partial charge in [-0.05, 0) is 54.8 Å². The third-order valence-corrected chi connectivity index (χ3v) is 4.56. The first-order valence-electron chi connectivity index (χ1n) is 9.05. The number of carbonyl (C=O) groups excluding carboxylic acids is 2. The van der Waals surface area contributed by atoms with E-state index in [2.05, 4.69) is 5.32 Å². The molecular weight excluding hydrogens is 347 g/mol. The zero-order chi connectivity index (χ0) is 19.2. The van der Waals surface area contributed by atoms with E-state index in [1.54, 1.807) is 24.3 Å². The van der Waals surface area contributed by atoms with Gasteiger partial charge in [0.15, 0.2) is 0 Å². The molecule has 0 unspecified atom stereocenters. The maximum atomic E-state index is 13.1.